The van der Waals surface area contributed by atoms with Crippen molar-refractivity contribution in [3.63, 3.8) is 0 Å². The minimum atomic E-state index is -3.70. The number of para-hydroxylation sites is 2. The van der Waals surface area contributed by atoms with E-state index >= 15 is 0 Å². The number of rotatable bonds is 7. The Labute approximate surface area is 201 Å². The lowest BCUT2D eigenvalue weighted by Gasteiger charge is -2.35. The largest absolute Gasteiger partial charge is 0.496 e. The molecule has 0 radical (unpaired) electrons. The van der Waals surface area contributed by atoms with E-state index < -0.39 is 10.0 Å². The predicted molar refractivity (Wildman–Crippen MR) is 133 cm³/mol. The summed E-state index contributed by atoms with van der Waals surface area (Å²) in [5.74, 6) is 0.449. The molecule has 178 valence electrons. The third kappa shape index (κ3) is 5.08. The minimum absolute atomic E-state index is 0.136. The molecule has 3 aromatic rings. The number of amides is 1. The number of carbonyl (C=O) groups is 1. The Kier molecular flexibility index (Phi) is 7.19. The van der Waals surface area contributed by atoms with Crippen LogP contribution in [0.1, 0.15) is 15.9 Å². The minimum Gasteiger partial charge on any atom is -0.496 e. The fourth-order valence-electron chi connectivity index (χ4n) is 4.15. The molecule has 8 heteroatoms. The number of carbonyl (C=O) groups excluding carboxylic acids is 1. The Hall–Kier alpha value is -3.36. The smallest absolute Gasteiger partial charge is 0.253 e. The summed E-state index contributed by atoms with van der Waals surface area (Å²) < 4.78 is 33.5. The highest BCUT2D eigenvalue weighted by Crippen LogP contribution is 2.23. The predicted octanol–water partition coefficient (Wildman–Crippen LogP) is 3.48. The van der Waals surface area contributed by atoms with Gasteiger partial charge in [-0.05, 0) is 36.4 Å². The van der Waals surface area contributed by atoms with E-state index in [4.69, 9.17) is 4.74 Å². The second kappa shape index (κ2) is 10.3. The van der Waals surface area contributed by atoms with Crippen molar-refractivity contribution < 1.29 is 17.9 Å². The third-order valence-electron chi connectivity index (χ3n) is 6.03. The first-order valence-electron chi connectivity index (χ1n) is 11.2. The maximum Gasteiger partial charge on any atom is 0.253 e. The highest BCUT2D eigenvalue weighted by molar-refractivity contribution is 7.89. The molecule has 4 rings (SSSR count). The molecular weight excluding hydrogens is 450 g/mol. The zero-order chi connectivity index (χ0) is 24.1. The molecule has 0 unspecified atom stereocenters. The molecule has 3 aromatic carbocycles. The summed E-state index contributed by atoms with van der Waals surface area (Å²) in [6, 6.07) is 23.8. The second-order valence-corrected chi connectivity index (χ2v) is 10.2. The molecule has 0 bridgehead atoms. The highest BCUT2D eigenvalue weighted by atomic mass is 32.2. The van der Waals surface area contributed by atoms with Gasteiger partial charge in [0.25, 0.3) is 5.91 Å². The van der Waals surface area contributed by atoms with Gasteiger partial charge >= 0.3 is 0 Å². The molecular formula is C26H29N3O4S. The van der Waals surface area contributed by atoms with Gasteiger partial charge < -0.3 is 14.5 Å². The first-order chi connectivity index (χ1) is 16.4. The molecule has 7 nitrogen and oxygen atoms in total. The highest BCUT2D eigenvalue weighted by Gasteiger charge is 2.29. The summed E-state index contributed by atoms with van der Waals surface area (Å²) in [6.45, 7) is 2.36. The summed E-state index contributed by atoms with van der Waals surface area (Å²) in [4.78, 5) is 16.9. The van der Waals surface area contributed by atoms with Crippen LogP contribution in [0, 0.1) is 0 Å². The molecule has 1 aliphatic rings. The SMILES string of the molecule is COc1ccccc1CN(C)C(=O)c1cccc(S(=O)(=O)N2CCN(c3ccccc3)CC2)c1. The van der Waals surface area contributed by atoms with E-state index in [1.165, 1.54) is 10.4 Å². The maximum absolute atomic E-state index is 13.3. The molecule has 1 amide bonds. The van der Waals surface area contributed by atoms with E-state index in [1.54, 1.807) is 37.3 Å². The van der Waals surface area contributed by atoms with Gasteiger partial charge in [-0.2, -0.15) is 4.31 Å². The number of hydrogen-bond donors (Lipinski definition) is 0. The maximum atomic E-state index is 13.3. The first-order valence-corrected chi connectivity index (χ1v) is 12.6. The molecule has 1 heterocycles. The average Bonchev–Trinajstić information content (AvgIpc) is 2.89. The van der Waals surface area contributed by atoms with E-state index in [-0.39, 0.29) is 10.8 Å². The molecule has 0 spiro atoms. The van der Waals surface area contributed by atoms with Crippen molar-refractivity contribution in [2.45, 2.75) is 11.4 Å². The Bertz CT molecular complexity index is 1240. The van der Waals surface area contributed by atoms with Crippen molar-refractivity contribution >= 4 is 21.6 Å². The molecule has 0 aliphatic carbocycles. The molecule has 1 fully saturated rings. The van der Waals surface area contributed by atoms with Crippen LogP contribution >= 0.6 is 0 Å². The van der Waals surface area contributed by atoms with Gasteiger partial charge in [-0.3, -0.25) is 4.79 Å². The topological polar surface area (TPSA) is 70.2 Å². The van der Waals surface area contributed by atoms with Gasteiger partial charge in [-0.1, -0.05) is 42.5 Å². The van der Waals surface area contributed by atoms with Crippen LogP contribution in [0.5, 0.6) is 5.75 Å². The number of benzene rings is 3. The number of methoxy groups -OCH3 is 1. The number of piperazine rings is 1. The lowest BCUT2D eigenvalue weighted by Crippen LogP contribution is -2.48. The fraction of sp³-hybridized carbons (Fsp3) is 0.269. The van der Waals surface area contributed by atoms with Crippen molar-refractivity contribution in [1.29, 1.82) is 0 Å². The number of sulfonamides is 1. The lowest BCUT2D eigenvalue weighted by molar-refractivity contribution is 0.0784. The third-order valence-corrected chi connectivity index (χ3v) is 7.92. The summed E-state index contributed by atoms with van der Waals surface area (Å²) in [5.41, 5.74) is 2.30. The molecule has 1 aliphatic heterocycles. The van der Waals surface area contributed by atoms with Gasteiger partial charge in [0.15, 0.2) is 0 Å². The summed E-state index contributed by atoms with van der Waals surface area (Å²) in [5, 5.41) is 0. The van der Waals surface area contributed by atoms with Gasteiger partial charge in [0.05, 0.1) is 12.0 Å². The van der Waals surface area contributed by atoms with Crippen LogP contribution in [0.4, 0.5) is 5.69 Å². The van der Waals surface area contributed by atoms with Crippen molar-refractivity contribution in [3.8, 4) is 5.75 Å². The summed E-state index contributed by atoms with van der Waals surface area (Å²) in [7, 11) is -0.418. The Balaban J connectivity index is 1.46. The van der Waals surface area contributed by atoms with E-state index in [0.29, 0.717) is 44.0 Å². The number of anilines is 1. The molecule has 0 saturated carbocycles. The van der Waals surface area contributed by atoms with E-state index in [0.717, 1.165) is 11.3 Å². The second-order valence-electron chi connectivity index (χ2n) is 8.23. The average molecular weight is 480 g/mol. The van der Waals surface area contributed by atoms with E-state index in [2.05, 4.69) is 4.90 Å². The van der Waals surface area contributed by atoms with Gasteiger partial charge in [-0.25, -0.2) is 8.42 Å². The molecule has 0 N–H and O–H groups in total. The van der Waals surface area contributed by atoms with Gasteiger partial charge in [0.2, 0.25) is 10.0 Å². The van der Waals surface area contributed by atoms with Crippen LogP contribution in [-0.4, -0.2) is 63.9 Å². The quantitative estimate of drug-likeness (QED) is 0.519. The van der Waals surface area contributed by atoms with E-state index in [1.807, 2.05) is 54.6 Å². The monoisotopic (exact) mass is 479 g/mol. The van der Waals surface area contributed by atoms with Crippen LogP contribution in [0.25, 0.3) is 0 Å². The number of hydrogen-bond acceptors (Lipinski definition) is 5. The number of nitrogens with zero attached hydrogens (tertiary/aromatic N) is 3. The first kappa shape index (κ1) is 23.8. The molecule has 0 atom stereocenters. The Morgan fingerprint density at radius 2 is 1.59 bits per heavy atom. The van der Waals surface area contributed by atoms with Crippen molar-refractivity contribution in [3.05, 3.63) is 90.0 Å². The molecule has 1 saturated heterocycles. The van der Waals surface area contributed by atoms with Crippen molar-refractivity contribution in [2.24, 2.45) is 0 Å². The van der Waals surface area contributed by atoms with Crippen LogP contribution in [0.15, 0.2) is 83.8 Å². The van der Waals surface area contributed by atoms with Crippen LogP contribution in [-0.2, 0) is 16.6 Å². The van der Waals surface area contributed by atoms with Crippen LogP contribution in [0.3, 0.4) is 0 Å². The zero-order valence-electron chi connectivity index (χ0n) is 19.4. The van der Waals surface area contributed by atoms with Crippen LogP contribution in [0.2, 0.25) is 0 Å². The van der Waals surface area contributed by atoms with Gasteiger partial charge in [0, 0.05) is 56.6 Å². The zero-order valence-corrected chi connectivity index (χ0v) is 20.2. The Morgan fingerprint density at radius 1 is 0.912 bits per heavy atom. The Morgan fingerprint density at radius 3 is 2.29 bits per heavy atom. The fourth-order valence-corrected chi connectivity index (χ4v) is 5.61. The van der Waals surface area contributed by atoms with Crippen molar-refractivity contribution in [1.82, 2.24) is 9.21 Å². The molecule has 0 aromatic heterocycles. The van der Waals surface area contributed by atoms with E-state index in [9.17, 15) is 13.2 Å². The van der Waals surface area contributed by atoms with Crippen molar-refractivity contribution in [2.75, 3.05) is 45.2 Å². The standard InChI is InChI=1S/C26H29N3O4S/c1-27(20-22-9-6-7-14-25(22)33-2)26(30)21-10-8-13-24(19-21)34(31,32)29-17-15-28(16-18-29)23-11-4-3-5-12-23/h3-14,19H,15-18,20H2,1-2H3. The normalized spacial score (nSPS) is 14.6. The number of ether oxygens (including phenoxy) is 1. The lowest BCUT2D eigenvalue weighted by atomic mass is 10.1. The van der Waals surface area contributed by atoms with Gasteiger partial charge in [-0.15, -0.1) is 0 Å². The van der Waals surface area contributed by atoms with Crippen LogP contribution < -0.4 is 9.64 Å². The molecule has 34 heavy (non-hydrogen) atoms. The van der Waals surface area contributed by atoms with Gasteiger partial charge in [0.1, 0.15) is 5.75 Å². The summed E-state index contributed by atoms with van der Waals surface area (Å²) in [6.07, 6.45) is 0. The summed E-state index contributed by atoms with van der Waals surface area (Å²) >= 11 is 0.